The van der Waals surface area contributed by atoms with Crippen LogP contribution in [0, 0.1) is 0 Å². The van der Waals surface area contributed by atoms with E-state index in [1.165, 1.54) is 180 Å². The van der Waals surface area contributed by atoms with E-state index in [0.717, 1.165) is 38.8 Å². The minimum Gasteiger partial charge on any atom is -0.444 e. The second-order valence-corrected chi connectivity index (χ2v) is 25.8. The quantitative estimate of drug-likeness (QED) is 0.0398. The highest BCUT2D eigenvalue weighted by Crippen LogP contribution is 2.18. The summed E-state index contributed by atoms with van der Waals surface area (Å²) in [6.07, 6.45) is 43.0. The van der Waals surface area contributed by atoms with Crippen LogP contribution in [-0.4, -0.2) is 127 Å². The Morgan fingerprint density at radius 3 is 0.962 bits per heavy atom. The summed E-state index contributed by atoms with van der Waals surface area (Å²) in [7, 11) is 0. The molecule has 0 aliphatic carbocycles. The molecule has 466 valence electrons. The molecule has 0 fully saturated rings. The van der Waals surface area contributed by atoms with Crippen LogP contribution >= 0.6 is 0 Å². The first-order valence-electron chi connectivity index (χ1n) is 32.8. The van der Waals surface area contributed by atoms with E-state index in [-0.39, 0.29) is 24.9 Å². The Balaban J connectivity index is 5.40. The molecule has 3 N–H and O–H groups in total. The molecule has 0 radical (unpaired) electrons. The fourth-order valence-corrected chi connectivity index (χ4v) is 9.72. The van der Waals surface area contributed by atoms with Gasteiger partial charge in [-0.05, 0) is 107 Å². The van der Waals surface area contributed by atoms with E-state index in [4.69, 9.17) is 14.2 Å². The maximum atomic E-state index is 13.9. The van der Waals surface area contributed by atoms with Crippen LogP contribution in [0.4, 0.5) is 14.4 Å². The van der Waals surface area contributed by atoms with Gasteiger partial charge in [-0.1, -0.05) is 206 Å². The molecule has 0 aromatic rings. The molecule has 0 bridgehead atoms. The van der Waals surface area contributed by atoms with Gasteiger partial charge in [0.05, 0.1) is 13.1 Å². The maximum absolute atomic E-state index is 13.9. The van der Waals surface area contributed by atoms with Crippen LogP contribution in [0.25, 0.3) is 0 Å². The van der Waals surface area contributed by atoms with Crippen molar-refractivity contribution >= 4 is 30.1 Å². The standard InChI is InChI=1S/C65H128N6O8/c1-12-14-16-18-20-22-24-26-28-30-32-34-36-38-40-42-52-70(53-43-41-39-37-35-33-31-29-27-25-23-21-19-17-15-13-2)59(73)56-68-58(72)57-69(51-46-48-66-60(74)77-63(3,4)5)50-44-45-54-71(62(76)79-65(9,10)11)55-47-49-67-61(75)78-64(6,7)8/h12-57H2,1-11H3,(H,66,74)(H,67,75)(H,68,72). The van der Waals surface area contributed by atoms with E-state index in [9.17, 15) is 24.0 Å². The van der Waals surface area contributed by atoms with Crippen molar-refractivity contribution in [3.05, 3.63) is 0 Å². The number of unbranched alkanes of at least 4 members (excludes halogenated alkanes) is 31. The lowest BCUT2D eigenvalue weighted by atomic mass is 10.0. The average Bonchev–Trinajstić information content (AvgIpc) is 3.36. The monoisotopic (exact) mass is 1120 g/mol. The van der Waals surface area contributed by atoms with E-state index in [1.54, 1.807) is 4.90 Å². The predicted octanol–water partition coefficient (Wildman–Crippen LogP) is 16.6. The Morgan fingerprint density at radius 2 is 0.608 bits per heavy atom. The molecular formula is C65H128N6O8. The molecule has 0 aliphatic rings. The topological polar surface area (TPSA) is 159 Å². The SMILES string of the molecule is CCCCCCCCCCCCCCCCCCN(CCCCCCCCCCCCCCCCCC)C(=O)CNC(=O)CN(CCCCN(CCCNC(=O)OC(C)(C)C)C(=O)OC(C)(C)C)CCCNC(=O)OC(C)(C)C. The highest BCUT2D eigenvalue weighted by atomic mass is 16.6. The van der Waals surface area contributed by atoms with Crippen LogP contribution in [0.1, 0.15) is 307 Å². The summed E-state index contributed by atoms with van der Waals surface area (Å²) < 4.78 is 16.5. The average molecular weight is 1120 g/mol. The Bertz CT molecular complexity index is 1460. The van der Waals surface area contributed by atoms with E-state index < -0.39 is 35.1 Å². The molecule has 0 aliphatic heterocycles. The van der Waals surface area contributed by atoms with Gasteiger partial charge in [-0.15, -0.1) is 0 Å². The van der Waals surface area contributed by atoms with Crippen LogP contribution < -0.4 is 16.0 Å². The Labute approximate surface area is 486 Å². The summed E-state index contributed by atoms with van der Waals surface area (Å²) in [4.78, 5) is 71.1. The van der Waals surface area contributed by atoms with Crippen LogP contribution in [0.15, 0.2) is 0 Å². The van der Waals surface area contributed by atoms with Gasteiger partial charge in [0.15, 0.2) is 0 Å². The fraction of sp³-hybridized carbons (Fsp3) is 0.923. The second kappa shape index (κ2) is 49.3. The molecule has 0 heterocycles. The number of hydrogen-bond donors (Lipinski definition) is 3. The molecule has 0 aromatic heterocycles. The van der Waals surface area contributed by atoms with Gasteiger partial charge in [0, 0.05) is 45.8 Å². The summed E-state index contributed by atoms with van der Waals surface area (Å²) in [5, 5.41) is 8.55. The molecule has 5 amide bonds. The number of nitrogens with one attached hydrogen (secondary N) is 3. The lowest BCUT2D eigenvalue weighted by Crippen LogP contribution is -2.45. The molecule has 0 saturated carbocycles. The number of carbonyl (C=O) groups is 5. The summed E-state index contributed by atoms with van der Waals surface area (Å²) in [6, 6.07) is 0. The molecule has 0 atom stereocenters. The van der Waals surface area contributed by atoms with Gasteiger partial charge in [0.25, 0.3) is 0 Å². The Hall–Kier alpha value is -3.29. The third kappa shape index (κ3) is 53.8. The number of nitrogens with zero attached hydrogens (tertiary/aromatic N) is 3. The third-order valence-electron chi connectivity index (χ3n) is 14.1. The summed E-state index contributed by atoms with van der Waals surface area (Å²) in [5.74, 6) is -0.238. The van der Waals surface area contributed by atoms with Crippen LogP contribution in [0.3, 0.4) is 0 Å². The zero-order valence-electron chi connectivity index (χ0n) is 53.6. The zero-order chi connectivity index (χ0) is 58.9. The fourth-order valence-electron chi connectivity index (χ4n) is 9.72. The van der Waals surface area contributed by atoms with Crippen molar-refractivity contribution < 1.29 is 38.2 Å². The number of ether oxygens (including phenoxy) is 3. The van der Waals surface area contributed by atoms with Crippen molar-refractivity contribution in [1.82, 2.24) is 30.7 Å². The van der Waals surface area contributed by atoms with Gasteiger partial charge in [-0.3, -0.25) is 14.5 Å². The number of hydrogen-bond acceptors (Lipinski definition) is 9. The van der Waals surface area contributed by atoms with E-state index in [2.05, 4.69) is 29.8 Å². The van der Waals surface area contributed by atoms with Crippen molar-refractivity contribution in [2.24, 2.45) is 0 Å². The number of rotatable bonds is 51. The van der Waals surface area contributed by atoms with Crippen LogP contribution in [0.5, 0.6) is 0 Å². The van der Waals surface area contributed by atoms with Gasteiger partial charge in [-0.25, -0.2) is 14.4 Å². The third-order valence-corrected chi connectivity index (χ3v) is 14.1. The van der Waals surface area contributed by atoms with Gasteiger partial charge in [0.1, 0.15) is 16.8 Å². The van der Waals surface area contributed by atoms with Gasteiger partial charge in [-0.2, -0.15) is 0 Å². The first-order valence-corrected chi connectivity index (χ1v) is 32.8. The molecule has 0 spiro atoms. The van der Waals surface area contributed by atoms with E-state index in [1.807, 2.05) is 72.1 Å². The molecule has 0 aromatic carbocycles. The molecule has 0 unspecified atom stereocenters. The Kier molecular flexibility index (Phi) is 47.3. The first kappa shape index (κ1) is 75.7. The van der Waals surface area contributed by atoms with Crippen molar-refractivity contribution in [1.29, 1.82) is 0 Å². The van der Waals surface area contributed by atoms with Crippen molar-refractivity contribution in [2.75, 3.05) is 65.4 Å². The smallest absolute Gasteiger partial charge is 0.410 e. The summed E-state index contributed by atoms with van der Waals surface area (Å²) in [5.41, 5.74) is -1.89. The normalized spacial score (nSPS) is 11.9. The largest absolute Gasteiger partial charge is 0.444 e. The Morgan fingerprint density at radius 1 is 0.329 bits per heavy atom. The summed E-state index contributed by atoms with van der Waals surface area (Å²) in [6.45, 7) is 25.1. The molecule has 79 heavy (non-hydrogen) atoms. The minimum absolute atomic E-state index is 0.0214. The predicted molar refractivity (Wildman–Crippen MR) is 330 cm³/mol. The van der Waals surface area contributed by atoms with Crippen LogP contribution in [0.2, 0.25) is 0 Å². The summed E-state index contributed by atoms with van der Waals surface area (Å²) >= 11 is 0. The highest BCUT2D eigenvalue weighted by Gasteiger charge is 2.23. The number of alkyl carbamates (subject to hydrolysis) is 2. The molecule has 0 saturated heterocycles. The maximum Gasteiger partial charge on any atom is 0.410 e. The minimum atomic E-state index is -0.670. The van der Waals surface area contributed by atoms with Crippen LogP contribution in [-0.2, 0) is 23.8 Å². The lowest BCUT2D eigenvalue weighted by molar-refractivity contribution is -0.133. The molecule has 0 rings (SSSR count). The second-order valence-electron chi connectivity index (χ2n) is 25.8. The van der Waals surface area contributed by atoms with Crippen molar-refractivity contribution in [3.63, 3.8) is 0 Å². The lowest BCUT2D eigenvalue weighted by Gasteiger charge is -2.28. The first-order chi connectivity index (χ1) is 37.7. The van der Waals surface area contributed by atoms with Crippen molar-refractivity contribution in [2.45, 2.75) is 324 Å². The van der Waals surface area contributed by atoms with Gasteiger partial charge >= 0.3 is 18.3 Å². The van der Waals surface area contributed by atoms with Gasteiger partial charge in [0.2, 0.25) is 11.8 Å². The number of amides is 5. The molecular weight excluding hydrogens is 993 g/mol. The van der Waals surface area contributed by atoms with Gasteiger partial charge < -0.3 is 40.0 Å². The zero-order valence-corrected chi connectivity index (χ0v) is 53.6. The van der Waals surface area contributed by atoms with Crippen molar-refractivity contribution in [3.8, 4) is 0 Å². The van der Waals surface area contributed by atoms with E-state index in [0.29, 0.717) is 65.0 Å². The number of carbonyl (C=O) groups excluding carboxylic acids is 5. The molecule has 14 heteroatoms. The molecule has 14 nitrogen and oxygen atoms in total. The van der Waals surface area contributed by atoms with E-state index >= 15 is 0 Å². The highest BCUT2D eigenvalue weighted by molar-refractivity contribution is 5.85.